The van der Waals surface area contributed by atoms with E-state index >= 15 is 0 Å². The smallest absolute Gasteiger partial charge is 0.265 e. The second-order valence-electron chi connectivity index (χ2n) is 17.5. The number of hydrogen-bond acceptors (Lipinski definition) is 5. The van der Waals surface area contributed by atoms with Gasteiger partial charge in [-0.05, 0) is 31.4 Å². The van der Waals surface area contributed by atoms with Crippen LogP contribution in [0.5, 0.6) is 17.2 Å². The van der Waals surface area contributed by atoms with E-state index in [1.165, 1.54) is 173 Å². The molecule has 1 aromatic carbocycles. The normalized spacial score (nSPS) is 12.0. The number of hydrogen-bond donors (Lipinski definition) is 1. The number of rotatable bonds is 42. The topological polar surface area (TPSA) is 82.1 Å². The van der Waals surface area contributed by atoms with E-state index in [9.17, 15) is 13.0 Å². The maximum Gasteiger partial charge on any atom is 0.265 e. The molecule has 0 radical (unpaired) electrons. The van der Waals surface area contributed by atoms with Gasteiger partial charge in [-0.15, -0.1) is 0 Å². The van der Waals surface area contributed by atoms with Crippen molar-refractivity contribution < 1.29 is 31.7 Å². The number of nitrogens with zero attached hydrogens (tertiary/aromatic N) is 1. The Bertz CT molecular complexity index is 1090. The Hall–Kier alpha value is -1.51. The van der Waals surface area contributed by atoms with Crippen LogP contribution in [-0.2, 0) is 16.7 Å². The minimum atomic E-state index is -3.98. The molecule has 0 fully saturated rings. The third-order valence-corrected chi connectivity index (χ3v) is 11.9. The molecule has 0 aromatic heterocycles. The van der Waals surface area contributed by atoms with Crippen LogP contribution in [0.1, 0.15) is 225 Å². The molecule has 8 heteroatoms. The molecule has 1 rings (SSSR count). The molecule has 0 aliphatic rings. The molecule has 56 heavy (non-hydrogen) atoms. The molecule has 0 amide bonds. The molecule has 0 aliphatic heterocycles. The van der Waals surface area contributed by atoms with Gasteiger partial charge < -0.3 is 18.7 Å². The molecule has 1 aromatic rings. The highest BCUT2D eigenvalue weighted by Gasteiger charge is 2.22. The molecule has 0 heterocycles. The Morgan fingerprint density at radius 3 is 1.09 bits per heavy atom. The van der Waals surface area contributed by atoms with E-state index < -0.39 is 10.1 Å². The van der Waals surface area contributed by atoms with E-state index in [4.69, 9.17) is 14.2 Å². The van der Waals surface area contributed by atoms with Crippen LogP contribution in [0.2, 0.25) is 0 Å². The summed E-state index contributed by atoms with van der Waals surface area (Å²) in [4.78, 5) is 0. The highest BCUT2D eigenvalue weighted by molar-refractivity contribution is 7.85. The maximum absolute atomic E-state index is 11.4. The van der Waals surface area contributed by atoms with Crippen LogP contribution in [0.25, 0.3) is 0 Å². The minimum absolute atomic E-state index is 0.221. The summed E-state index contributed by atoms with van der Waals surface area (Å²) in [6.45, 7) is 10.1. The molecule has 0 saturated heterocycles. The van der Waals surface area contributed by atoms with Crippen molar-refractivity contribution in [3.8, 4) is 17.2 Å². The standard InChI is InChI=1S/C48H91NO6S/c1-6-9-12-15-18-21-24-27-30-33-38-53-46-42-45(44-49(4,5)37-36-41-56(50,51)52)43-47(54-39-34-31-28-25-22-19-16-13-10-7-2)48(46)55-40-35-32-29-26-23-20-17-14-11-8-3/h42-43H,6-41,44H2,1-5H3/p+1. The van der Waals surface area contributed by atoms with Gasteiger partial charge in [0.05, 0.1) is 46.2 Å². The van der Waals surface area contributed by atoms with Crippen molar-refractivity contribution in [2.75, 3.05) is 46.2 Å². The summed E-state index contributed by atoms with van der Waals surface area (Å²) in [6.07, 6.45) is 38.9. The van der Waals surface area contributed by atoms with Gasteiger partial charge in [0.1, 0.15) is 6.54 Å². The van der Waals surface area contributed by atoms with Gasteiger partial charge in [0.25, 0.3) is 10.1 Å². The van der Waals surface area contributed by atoms with Gasteiger partial charge in [-0.1, -0.05) is 194 Å². The minimum Gasteiger partial charge on any atom is -0.490 e. The van der Waals surface area contributed by atoms with Gasteiger partial charge in [0, 0.05) is 12.0 Å². The van der Waals surface area contributed by atoms with E-state index in [-0.39, 0.29) is 5.75 Å². The first-order valence-corrected chi connectivity index (χ1v) is 25.5. The van der Waals surface area contributed by atoms with Crippen molar-refractivity contribution in [2.45, 2.75) is 226 Å². The molecule has 0 aliphatic carbocycles. The Morgan fingerprint density at radius 2 is 0.768 bits per heavy atom. The number of unbranched alkanes of at least 4 members (excludes halogenated alkanes) is 27. The van der Waals surface area contributed by atoms with E-state index in [1.807, 2.05) is 0 Å². The van der Waals surface area contributed by atoms with Crippen LogP contribution in [0.3, 0.4) is 0 Å². The van der Waals surface area contributed by atoms with E-state index in [2.05, 4.69) is 47.0 Å². The fraction of sp³-hybridized carbons (Fsp3) is 0.875. The van der Waals surface area contributed by atoms with Gasteiger partial charge in [0.2, 0.25) is 5.75 Å². The average molecular weight is 811 g/mol. The Kier molecular flexibility index (Phi) is 33.2. The summed E-state index contributed by atoms with van der Waals surface area (Å²) in [7, 11) is 0.232. The molecule has 1 N–H and O–H groups in total. The van der Waals surface area contributed by atoms with Crippen LogP contribution in [0, 0.1) is 0 Å². The van der Waals surface area contributed by atoms with E-state index in [1.54, 1.807) is 0 Å². The third kappa shape index (κ3) is 31.5. The fourth-order valence-corrected chi connectivity index (χ4v) is 8.13. The van der Waals surface area contributed by atoms with Gasteiger partial charge in [-0.3, -0.25) is 4.55 Å². The summed E-state index contributed by atoms with van der Waals surface area (Å²) >= 11 is 0. The van der Waals surface area contributed by atoms with Gasteiger partial charge >= 0.3 is 0 Å². The van der Waals surface area contributed by atoms with Crippen LogP contribution >= 0.6 is 0 Å². The number of quaternary nitrogens is 1. The van der Waals surface area contributed by atoms with Crippen LogP contribution in [0.15, 0.2) is 12.1 Å². The largest absolute Gasteiger partial charge is 0.490 e. The van der Waals surface area contributed by atoms with Crippen molar-refractivity contribution in [1.82, 2.24) is 0 Å². The predicted octanol–water partition coefficient (Wildman–Crippen LogP) is 14.4. The maximum atomic E-state index is 11.4. The summed E-state index contributed by atoms with van der Waals surface area (Å²) in [6, 6.07) is 4.25. The Balaban J connectivity index is 2.95. The lowest BCUT2D eigenvalue weighted by Crippen LogP contribution is -2.40. The Labute approximate surface area is 348 Å². The van der Waals surface area contributed by atoms with Crippen molar-refractivity contribution in [2.24, 2.45) is 0 Å². The summed E-state index contributed by atoms with van der Waals surface area (Å²) < 4.78 is 52.4. The molecular weight excluding hydrogens is 719 g/mol. The van der Waals surface area contributed by atoms with Gasteiger partial charge in [-0.25, -0.2) is 0 Å². The molecule has 7 nitrogen and oxygen atoms in total. The van der Waals surface area contributed by atoms with Crippen molar-refractivity contribution >= 4 is 10.1 Å². The van der Waals surface area contributed by atoms with Crippen LogP contribution in [0.4, 0.5) is 0 Å². The first-order valence-electron chi connectivity index (χ1n) is 23.9. The summed E-state index contributed by atoms with van der Waals surface area (Å²) in [5, 5.41) is 0. The van der Waals surface area contributed by atoms with Crippen LogP contribution < -0.4 is 14.2 Å². The zero-order valence-electron chi connectivity index (χ0n) is 37.7. The van der Waals surface area contributed by atoms with Crippen LogP contribution in [-0.4, -0.2) is 63.7 Å². The van der Waals surface area contributed by atoms with Gasteiger partial charge in [-0.2, -0.15) is 8.42 Å². The zero-order valence-corrected chi connectivity index (χ0v) is 38.5. The zero-order chi connectivity index (χ0) is 41.0. The first kappa shape index (κ1) is 52.5. The van der Waals surface area contributed by atoms with E-state index in [0.29, 0.717) is 43.8 Å². The summed E-state index contributed by atoms with van der Waals surface area (Å²) in [5.74, 6) is 2.05. The second-order valence-corrected chi connectivity index (χ2v) is 19.0. The molecule has 0 unspecified atom stereocenters. The number of benzene rings is 1. The SMILES string of the molecule is CCCCCCCCCCCCOc1cc(C[N+](C)(C)CCCS(=O)(=O)O)cc(OCCCCCCCCCCCC)c1OCCCCCCCCCCCC. The quantitative estimate of drug-likeness (QED) is 0.0402. The lowest BCUT2D eigenvalue weighted by Gasteiger charge is -2.30. The molecule has 0 saturated carbocycles. The molecule has 0 bridgehead atoms. The fourth-order valence-electron chi connectivity index (χ4n) is 7.63. The van der Waals surface area contributed by atoms with Gasteiger partial charge in [0.15, 0.2) is 11.5 Å². The highest BCUT2D eigenvalue weighted by Crippen LogP contribution is 2.40. The van der Waals surface area contributed by atoms with Crippen molar-refractivity contribution in [1.29, 1.82) is 0 Å². The third-order valence-electron chi connectivity index (χ3n) is 11.1. The van der Waals surface area contributed by atoms with E-state index in [0.717, 1.165) is 42.1 Å². The molecule has 330 valence electrons. The van der Waals surface area contributed by atoms with Crippen molar-refractivity contribution in [3.63, 3.8) is 0 Å². The lowest BCUT2D eigenvalue weighted by molar-refractivity contribution is -0.903. The average Bonchev–Trinajstić information content (AvgIpc) is 3.15. The Morgan fingerprint density at radius 1 is 0.464 bits per heavy atom. The molecule has 0 atom stereocenters. The first-order chi connectivity index (χ1) is 27.1. The van der Waals surface area contributed by atoms with Crippen molar-refractivity contribution in [3.05, 3.63) is 17.7 Å². The molecular formula is C48H92NO6S+. The number of ether oxygens (including phenoxy) is 3. The summed E-state index contributed by atoms with van der Waals surface area (Å²) in [5.41, 5.74) is 1.09. The second kappa shape index (κ2) is 35.4. The highest BCUT2D eigenvalue weighted by atomic mass is 32.2. The molecule has 0 spiro atoms. The lowest BCUT2D eigenvalue weighted by atomic mass is 10.1. The monoisotopic (exact) mass is 811 g/mol. The predicted molar refractivity (Wildman–Crippen MR) is 240 cm³/mol.